The first-order valence-corrected chi connectivity index (χ1v) is 8.37. The summed E-state index contributed by atoms with van der Waals surface area (Å²) >= 11 is 0. The first-order valence-electron chi connectivity index (χ1n) is 6.31. The number of nitrogens with one attached hydrogen (secondary N) is 1. The molecule has 0 fully saturated rings. The molecule has 1 unspecified atom stereocenters. The molecule has 104 valence electrons. The molecule has 0 aliphatic carbocycles. The highest BCUT2D eigenvalue weighted by Gasteiger charge is 2.11. The monoisotopic (exact) mass is 264 g/mol. The van der Waals surface area contributed by atoms with E-state index in [0.717, 1.165) is 19.5 Å². The third-order valence-corrected chi connectivity index (χ3v) is 3.78. The van der Waals surface area contributed by atoms with Gasteiger partial charge < -0.3 is 10.2 Å². The van der Waals surface area contributed by atoms with Crippen LogP contribution in [0.5, 0.6) is 0 Å². The SMILES string of the molecule is CC(C)CNCCC(C)N(C)CCS(C)(=O)=O. The maximum Gasteiger partial charge on any atom is 0.148 e. The van der Waals surface area contributed by atoms with Crippen LogP contribution in [0, 0.1) is 5.92 Å². The predicted octanol–water partition coefficient (Wildman–Crippen LogP) is 0.987. The maximum absolute atomic E-state index is 11.1. The van der Waals surface area contributed by atoms with Crippen molar-refractivity contribution in [2.45, 2.75) is 33.2 Å². The molecule has 1 N–H and O–H groups in total. The van der Waals surface area contributed by atoms with Crippen LogP contribution in [0.25, 0.3) is 0 Å². The van der Waals surface area contributed by atoms with Gasteiger partial charge in [0.05, 0.1) is 5.75 Å². The number of rotatable bonds is 9. The van der Waals surface area contributed by atoms with Gasteiger partial charge in [-0.05, 0) is 39.4 Å². The fourth-order valence-corrected chi connectivity index (χ4v) is 2.07. The minimum Gasteiger partial charge on any atom is -0.316 e. The van der Waals surface area contributed by atoms with E-state index >= 15 is 0 Å². The van der Waals surface area contributed by atoms with Gasteiger partial charge in [-0.1, -0.05) is 13.8 Å². The van der Waals surface area contributed by atoms with Crippen LogP contribution >= 0.6 is 0 Å². The zero-order chi connectivity index (χ0) is 13.5. The van der Waals surface area contributed by atoms with Gasteiger partial charge in [0.2, 0.25) is 0 Å². The molecule has 0 bridgehead atoms. The summed E-state index contributed by atoms with van der Waals surface area (Å²) < 4.78 is 22.1. The Morgan fingerprint density at radius 2 is 1.82 bits per heavy atom. The van der Waals surface area contributed by atoms with Crippen LogP contribution in [-0.2, 0) is 9.84 Å². The van der Waals surface area contributed by atoms with E-state index in [9.17, 15) is 8.42 Å². The molecule has 0 aromatic carbocycles. The molecule has 0 rings (SSSR count). The van der Waals surface area contributed by atoms with Gasteiger partial charge in [-0.2, -0.15) is 0 Å². The number of hydrogen-bond donors (Lipinski definition) is 1. The van der Waals surface area contributed by atoms with E-state index in [-0.39, 0.29) is 5.75 Å². The zero-order valence-corrected chi connectivity index (χ0v) is 12.7. The van der Waals surface area contributed by atoms with E-state index in [1.54, 1.807) is 0 Å². The van der Waals surface area contributed by atoms with Gasteiger partial charge in [-0.15, -0.1) is 0 Å². The van der Waals surface area contributed by atoms with Crippen molar-refractivity contribution in [2.24, 2.45) is 5.92 Å². The Kier molecular flexibility index (Phi) is 8.00. The highest BCUT2D eigenvalue weighted by Crippen LogP contribution is 2.01. The van der Waals surface area contributed by atoms with E-state index in [1.165, 1.54) is 6.26 Å². The summed E-state index contributed by atoms with van der Waals surface area (Å²) in [5, 5.41) is 3.40. The molecule has 0 aliphatic heterocycles. The van der Waals surface area contributed by atoms with Crippen LogP contribution < -0.4 is 5.32 Å². The average molecular weight is 264 g/mol. The Bertz CT molecular complexity index is 289. The minimum atomic E-state index is -2.85. The average Bonchev–Trinajstić information content (AvgIpc) is 2.19. The number of sulfone groups is 1. The van der Waals surface area contributed by atoms with Crippen LogP contribution in [-0.4, -0.2) is 58.1 Å². The summed E-state index contributed by atoms with van der Waals surface area (Å²) in [6.45, 7) is 9.16. The van der Waals surface area contributed by atoms with Crippen molar-refractivity contribution in [3.63, 3.8) is 0 Å². The molecule has 0 amide bonds. The van der Waals surface area contributed by atoms with Gasteiger partial charge in [0.1, 0.15) is 9.84 Å². The van der Waals surface area contributed by atoms with E-state index in [4.69, 9.17) is 0 Å². The molecule has 1 atom stereocenters. The highest BCUT2D eigenvalue weighted by atomic mass is 32.2. The molecular weight excluding hydrogens is 236 g/mol. The highest BCUT2D eigenvalue weighted by molar-refractivity contribution is 7.90. The Balaban J connectivity index is 3.71. The minimum absolute atomic E-state index is 0.243. The van der Waals surface area contributed by atoms with E-state index < -0.39 is 9.84 Å². The molecule has 0 saturated heterocycles. The van der Waals surface area contributed by atoms with Crippen molar-refractivity contribution in [3.05, 3.63) is 0 Å². The molecule has 0 saturated carbocycles. The largest absolute Gasteiger partial charge is 0.316 e. The zero-order valence-electron chi connectivity index (χ0n) is 11.9. The Labute approximate surface area is 107 Å². The van der Waals surface area contributed by atoms with E-state index in [2.05, 4.69) is 31.0 Å². The second-order valence-corrected chi connectivity index (χ2v) is 7.61. The van der Waals surface area contributed by atoms with Crippen molar-refractivity contribution >= 4 is 9.84 Å². The van der Waals surface area contributed by atoms with E-state index in [1.807, 2.05) is 7.05 Å². The molecule has 0 aliphatic rings. The first-order chi connectivity index (χ1) is 7.72. The number of hydrogen-bond acceptors (Lipinski definition) is 4. The Hall–Kier alpha value is -0.130. The summed E-state index contributed by atoms with van der Waals surface area (Å²) in [4.78, 5) is 2.11. The molecule has 5 heteroatoms. The standard InChI is InChI=1S/C12H28N2O2S/c1-11(2)10-13-7-6-12(3)14(4)8-9-17(5,15)16/h11-13H,6-10H2,1-5H3. The van der Waals surface area contributed by atoms with Crippen LogP contribution in [0.2, 0.25) is 0 Å². The molecular formula is C12H28N2O2S. The lowest BCUT2D eigenvalue weighted by Gasteiger charge is -2.24. The first kappa shape index (κ1) is 16.9. The molecule has 4 nitrogen and oxygen atoms in total. The van der Waals surface area contributed by atoms with E-state index in [0.29, 0.717) is 18.5 Å². The van der Waals surface area contributed by atoms with Gasteiger partial charge in [-0.25, -0.2) is 8.42 Å². The fraction of sp³-hybridized carbons (Fsp3) is 1.00. The lowest BCUT2D eigenvalue weighted by atomic mass is 10.2. The quantitative estimate of drug-likeness (QED) is 0.631. The third-order valence-electron chi connectivity index (χ3n) is 2.86. The molecule has 0 radical (unpaired) electrons. The lowest BCUT2D eigenvalue weighted by Crippen LogP contribution is -2.35. The van der Waals surface area contributed by atoms with Crippen LogP contribution in [0.4, 0.5) is 0 Å². The lowest BCUT2D eigenvalue weighted by molar-refractivity contribution is 0.257. The Morgan fingerprint density at radius 1 is 1.24 bits per heavy atom. The molecule has 17 heavy (non-hydrogen) atoms. The normalized spacial score (nSPS) is 14.5. The van der Waals surface area contributed by atoms with Crippen molar-refractivity contribution < 1.29 is 8.42 Å². The van der Waals surface area contributed by atoms with Gasteiger partial charge in [0, 0.05) is 18.8 Å². The van der Waals surface area contributed by atoms with Crippen molar-refractivity contribution in [1.82, 2.24) is 10.2 Å². The predicted molar refractivity (Wildman–Crippen MR) is 74.1 cm³/mol. The summed E-state index contributed by atoms with van der Waals surface area (Å²) in [6.07, 6.45) is 2.34. The second-order valence-electron chi connectivity index (χ2n) is 5.35. The van der Waals surface area contributed by atoms with Gasteiger partial charge in [-0.3, -0.25) is 0 Å². The maximum atomic E-state index is 11.1. The van der Waals surface area contributed by atoms with Crippen molar-refractivity contribution in [3.8, 4) is 0 Å². The molecule has 0 spiro atoms. The van der Waals surface area contributed by atoms with Gasteiger partial charge in [0.15, 0.2) is 0 Å². The molecule has 0 aromatic rings. The second kappa shape index (κ2) is 8.06. The van der Waals surface area contributed by atoms with Crippen LogP contribution in [0.15, 0.2) is 0 Å². The van der Waals surface area contributed by atoms with Crippen molar-refractivity contribution in [1.29, 1.82) is 0 Å². The Morgan fingerprint density at radius 3 is 2.29 bits per heavy atom. The van der Waals surface area contributed by atoms with Gasteiger partial charge >= 0.3 is 0 Å². The van der Waals surface area contributed by atoms with Crippen LogP contribution in [0.1, 0.15) is 27.2 Å². The van der Waals surface area contributed by atoms with Crippen molar-refractivity contribution in [2.75, 3.05) is 38.7 Å². The summed E-state index contributed by atoms with van der Waals surface area (Å²) in [6, 6.07) is 0.413. The molecule has 0 aromatic heterocycles. The summed E-state index contributed by atoms with van der Waals surface area (Å²) in [5.74, 6) is 0.918. The fourth-order valence-electron chi connectivity index (χ4n) is 1.45. The number of nitrogens with zero attached hydrogens (tertiary/aromatic N) is 1. The smallest absolute Gasteiger partial charge is 0.148 e. The van der Waals surface area contributed by atoms with Crippen LogP contribution in [0.3, 0.4) is 0 Å². The van der Waals surface area contributed by atoms with Gasteiger partial charge in [0.25, 0.3) is 0 Å². The topological polar surface area (TPSA) is 49.4 Å². The summed E-state index contributed by atoms with van der Waals surface area (Å²) in [7, 11) is -0.862. The third kappa shape index (κ3) is 10.7. The molecule has 0 heterocycles. The summed E-state index contributed by atoms with van der Waals surface area (Å²) in [5.41, 5.74) is 0.